The maximum absolute atomic E-state index is 12.7. The molecule has 0 aromatic heterocycles. The van der Waals surface area contributed by atoms with Gasteiger partial charge in [-0.05, 0) is 52.3 Å². The van der Waals surface area contributed by atoms with E-state index in [0.717, 1.165) is 24.3 Å². The van der Waals surface area contributed by atoms with Gasteiger partial charge in [0.15, 0.2) is 0 Å². The van der Waals surface area contributed by atoms with Crippen molar-refractivity contribution in [3.05, 3.63) is 64.2 Å². The van der Waals surface area contributed by atoms with Gasteiger partial charge in [0.05, 0.1) is 0 Å². The highest BCUT2D eigenvalue weighted by molar-refractivity contribution is 6.04. The summed E-state index contributed by atoms with van der Waals surface area (Å²) in [6.07, 6.45) is 0. The number of hydrogen-bond donors (Lipinski definition) is 2. The van der Waals surface area contributed by atoms with Crippen LogP contribution in [-0.2, 0) is 13.1 Å². The first-order valence-corrected chi connectivity index (χ1v) is 8.73. The molecule has 1 aliphatic heterocycles. The van der Waals surface area contributed by atoms with Crippen molar-refractivity contribution in [2.24, 2.45) is 0 Å². The van der Waals surface area contributed by atoms with Crippen LogP contribution >= 0.6 is 12.4 Å². The van der Waals surface area contributed by atoms with Gasteiger partial charge in [0, 0.05) is 24.3 Å². The number of halogens is 1. The van der Waals surface area contributed by atoms with Gasteiger partial charge in [0.2, 0.25) is 0 Å². The van der Waals surface area contributed by atoms with Crippen molar-refractivity contribution in [2.75, 3.05) is 5.32 Å². The van der Waals surface area contributed by atoms with Gasteiger partial charge in [0.25, 0.3) is 5.91 Å². The third-order valence-corrected chi connectivity index (χ3v) is 4.71. The van der Waals surface area contributed by atoms with Gasteiger partial charge in [-0.15, -0.1) is 12.4 Å². The fourth-order valence-corrected chi connectivity index (χ4v) is 3.16. The summed E-state index contributed by atoms with van der Waals surface area (Å²) in [7, 11) is 0. The lowest BCUT2D eigenvalue weighted by atomic mass is 9.94. The van der Waals surface area contributed by atoms with E-state index in [1.54, 1.807) is 0 Å². The minimum atomic E-state index is -0.0381. The number of carbonyl (C=O) groups excluding carboxylic acids is 1. The predicted octanol–water partition coefficient (Wildman–Crippen LogP) is 5.21. The molecular formula is C21H27ClN2O. The second-order valence-corrected chi connectivity index (χ2v) is 7.20. The first-order chi connectivity index (χ1) is 11.5. The molecule has 0 fully saturated rings. The number of fused-ring (bicyclic) bond motifs is 1. The molecule has 25 heavy (non-hydrogen) atoms. The summed E-state index contributed by atoms with van der Waals surface area (Å²) >= 11 is 0. The molecule has 2 N–H and O–H groups in total. The zero-order valence-corrected chi connectivity index (χ0v) is 16.2. The highest BCUT2D eigenvalue weighted by Crippen LogP contribution is 2.29. The number of rotatable bonds is 4. The normalized spacial score (nSPS) is 12.9. The van der Waals surface area contributed by atoms with Crippen LogP contribution < -0.4 is 10.6 Å². The quantitative estimate of drug-likeness (QED) is 0.787. The molecule has 134 valence electrons. The van der Waals surface area contributed by atoms with Gasteiger partial charge in [-0.1, -0.05) is 45.9 Å². The van der Waals surface area contributed by atoms with Crippen LogP contribution in [0.3, 0.4) is 0 Å². The van der Waals surface area contributed by atoms with Crippen molar-refractivity contribution in [3.63, 3.8) is 0 Å². The van der Waals surface area contributed by atoms with Crippen molar-refractivity contribution in [1.82, 2.24) is 5.32 Å². The molecule has 3 rings (SSSR count). The number of amides is 1. The molecule has 2 aromatic carbocycles. The zero-order valence-electron chi connectivity index (χ0n) is 15.3. The van der Waals surface area contributed by atoms with Crippen molar-refractivity contribution in [2.45, 2.75) is 52.6 Å². The Morgan fingerprint density at radius 3 is 2.36 bits per heavy atom. The molecule has 4 heteroatoms. The van der Waals surface area contributed by atoms with Crippen molar-refractivity contribution in [3.8, 4) is 0 Å². The van der Waals surface area contributed by atoms with Crippen LogP contribution in [0.25, 0.3) is 0 Å². The van der Waals surface area contributed by atoms with E-state index in [9.17, 15) is 4.79 Å². The first kappa shape index (κ1) is 19.5. The molecule has 2 aromatic rings. The Bertz CT molecular complexity index is 768. The lowest BCUT2D eigenvalue weighted by Gasteiger charge is -2.17. The molecule has 1 heterocycles. The maximum Gasteiger partial charge on any atom is 0.255 e. The Morgan fingerprint density at radius 1 is 0.960 bits per heavy atom. The molecule has 0 radical (unpaired) electrons. The van der Waals surface area contributed by atoms with Gasteiger partial charge in [0.1, 0.15) is 0 Å². The number of benzene rings is 2. The Hall–Kier alpha value is -1.84. The third-order valence-electron chi connectivity index (χ3n) is 4.71. The molecule has 0 saturated carbocycles. The van der Waals surface area contributed by atoms with E-state index in [-0.39, 0.29) is 18.3 Å². The average Bonchev–Trinajstić information content (AvgIpc) is 3.02. The molecule has 0 unspecified atom stereocenters. The third kappa shape index (κ3) is 4.23. The van der Waals surface area contributed by atoms with Crippen LogP contribution in [-0.4, -0.2) is 5.91 Å². The number of nitrogens with one attached hydrogen (secondary N) is 2. The van der Waals surface area contributed by atoms with Gasteiger partial charge >= 0.3 is 0 Å². The number of hydrogen-bond acceptors (Lipinski definition) is 2. The van der Waals surface area contributed by atoms with Crippen LogP contribution in [0.2, 0.25) is 0 Å². The molecule has 1 amide bonds. The van der Waals surface area contributed by atoms with Crippen LogP contribution in [0.4, 0.5) is 5.69 Å². The van der Waals surface area contributed by atoms with Crippen LogP contribution in [0, 0.1) is 0 Å². The molecule has 1 aliphatic rings. The molecule has 0 bridgehead atoms. The predicted molar refractivity (Wildman–Crippen MR) is 107 cm³/mol. The van der Waals surface area contributed by atoms with Gasteiger partial charge in [-0.25, -0.2) is 0 Å². The fourth-order valence-electron chi connectivity index (χ4n) is 3.16. The van der Waals surface area contributed by atoms with Gasteiger partial charge in [-0.2, -0.15) is 0 Å². The smallest absolute Gasteiger partial charge is 0.255 e. The standard InChI is InChI=1S/C21H26N2O.ClH/c1-13(2)15-7-8-20(19(10-15)14(3)4)23-21(24)16-5-6-17-11-22-12-18(17)9-16;/h5-10,13-14,22H,11-12H2,1-4H3,(H,23,24);1H. The Labute approximate surface area is 156 Å². The lowest BCUT2D eigenvalue weighted by molar-refractivity contribution is 0.102. The summed E-state index contributed by atoms with van der Waals surface area (Å²) in [5.74, 6) is 0.809. The summed E-state index contributed by atoms with van der Waals surface area (Å²) in [6, 6.07) is 12.3. The van der Waals surface area contributed by atoms with Crippen LogP contribution in [0.1, 0.15) is 72.1 Å². The molecule has 0 saturated heterocycles. The number of anilines is 1. The summed E-state index contributed by atoms with van der Waals surface area (Å²) in [4.78, 5) is 12.7. The van der Waals surface area contributed by atoms with E-state index in [0.29, 0.717) is 11.8 Å². The van der Waals surface area contributed by atoms with Gasteiger partial charge < -0.3 is 10.6 Å². The summed E-state index contributed by atoms with van der Waals surface area (Å²) < 4.78 is 0. The molecule has 0 aliphatic carbocycles. The largest absolute Gasteiger partial charge is 0.322 e. The van der Waals surface area contributed by atoms with E-state index < -0.39 is 0 Å². The Kier molecular flexibility index (Phi) is 6.26. The highest BCUT2D eigenvalue weighted by atomic mass is 35.5. The van der Waals surface area contributed by atoms with E-state index in [2.05, 4.69) is 56.5 Å². The minimum absolute atomic E-state index is 0. The van der Waals surface area contributed by atoms with E-state index in [4.69, 9.17) is 0 Å². The number of carbonyl (C=O) groups is 1. The molecular weight excluding hydrogens is 332 g/mol. The maximum atomic E-state index is 12.7. The van der Waals surface area contributed by atoms with Crippen molar-refractivity contribution >= 4 is 24.0 Å². The second-order valence-electron chi connectivity index (χ2n) is 7.20. The van der Waals surface area contributed by atoms with Crippen LogP contribution in [0.15, 0.2) is 36.4 Å². The zero-order chi connectivity index (χ0) is 17.3. The van der Waals surface area contributed by atoms with Gasteiger partial charge in [-0.3, -0.25) is 4.79 Å². The topological polar surface area (TPSA) is 41.1 Å². The molecule has 3 nitrogen and oxygen atoms in total. The van der Waals surface area contributed by atoms with E-state index >= 15 is 0 Å². The first-order valence-electron chi connectivity index (χ1n) is 8.73. The fraction of sp³-hybridized carbons (Fsp3) is 0.381. The molecule has 0 atom stereocenters. The van der Waals surface area contributed by atoms with Crippen molar-refractivity contribution < 1.29 is 4.79 Å². The Morgan fingerprint density at radius 2 is 1.68 bits per heavy atom. The lowest BCUT2D eigenvalue weighted by Crippen LogP contribution is -2.14. The highest BCUT2D eigenvalue weighted by Gasteiger charge is 2.16. The minimum Gasteiger partial charge on any atom is -0.322 e. The molecule has 0 spiro atoms. The van der Waals surface area contributed by atoms with Crippen molar-refractivity contribution in [1.29, 1.82) is 0 Å². The Balaban J connectivity index is 0.00000225. The summed E-state index contributed by atoms with van der Waals surface area (Å²) in [5.41, 5.74) is 6.65. The summed E-state index contributed by atoms with van der Waals surface area (Å²) in [6.45, 7) is 10.4. The van der Waals surface area contributed by atoms with E-state index in [1.165, 1.54) is 22.3 Å². The van der Waals surface area contributed by atoms with E-state index in [1.807, 2.05) is 18.2 Å². The van der Waals surface area contributed by atoms with Crippen LogP contribution in [0.5, 0.6) is 0 Å². The second kappa shape index (κ2) is 8.03. The monoisotopic (exact) mass is 358 g/mol. The SMILES string of the molecule is CC(C)c1ccc(NC(=O)c2ccc3c(c2)CNC3)c(C(C)C)c1.Cl. The summed E-state index contributed by atoms with van der Waals surface area (Å²) in [5, 5.41) is 6.42. The average molecular weight is 359 g/mol.